The van der Waals surface area contributed by atoms with Crippen molar-refractivity contribution in [2.75, 3.05) is 26.0 Å². The molecular formula is C18H31FIN3OS. The Bertz CT molecular complexity index is 515. The summed E-state index contributed by atoms with van der Waals surface area (Å²) in [7, 11) is 0. The lowest BCUT2D eigenvalue weighted by Crippen LogP contribution is -2.38. The van der Waals surface area contributed by atoms with Crippen molar-refractivity contribution < 1.29 is 9.13 Å². The minimum atomic E-state index is -0.193. The lowest BCUT2D eigenvalue weighted by Gasteiger charge is -2.13. The van der Waals surface area contributed by atoms with Gasteiger partial charge in [-0.25, -0.2) is 9.38 Å². The van der Waals surface area contributed by atoms with Gasteiger partial charge in [0.2, 0.25) is 0 Å². The van der Waals surface area contributed by atoms with Crippen molar-refractivity contribution in [1.82, 2.24) is 10.6 Å². The largest absolute Gasteiger partial charge is 0.379 e. The van der Waals surface area contributed by atoms with E-state index in [1.807, 2.05) is 33.1 Å². The zero-order chi connectivity index (χ0) is 17.8. The molecule has 0 aliphatic rings. The highest BCUT2D eigenvalue weighted by molar-refractivity contribution is 14.0. The van der Waals surface area contributed by atoms with Crippen molar-refractivity contribution in [2.24, 2.45) is 4.99 Å². The van der Waals surface area contributed by atoms with Gasteiger partial charge >= 0.3 is 0 Å². The number of nitrogens with one attached hydrogen (secondary N) is 2. The molecule has 0 atom stereocenters. The summed E-state index contributed by atoms with van der Waals surface area (Å²) in [5, 5.41) is 6.54. The van der Waals surface area contributed by atoms with Gasteiger partial charge in [0, 0.05) is 25.4 Å². The zero-order valence-electron chi connectivity index (χ0n) is 15.6. The van der Waals surface area contributed by atoms with Crippen molar-refractivity contribution in [3.63, 3.8) is 0 Å². The maximum atomic E-state index is 13.4. The molecule has 0 aliphatic carbocycles. The average Bonchev–Trinajstić information content (AvgIpc) is 2.53. The fourth-order valence-electron chi connectivity index (χ4n) is 2.14. The summed E-state index contributed by atoms with van der Waals surface area (Å²) in [5.74, 6) is 1.38. The minimum Gasteiger partial charge on any atom is -0.379 e. The van der Waals surface area contributed by atoms with E-state index in [0.29, 0.717) is 6.54 Å². The third-order valence-corrected chi connectivity index (χ3v) is 3.88. The molecular weight excluding hydrogens is 452 g/mol. The van der Waals surface area contributed by atoms with Crippen LogP contribution in [0.1, 0.15) is 38.3 Å². The van der Waals surface area contributed by atoms with Crippen LogP contribution in [0.25, 0.3) is 0 Å². The number of nitrogens with zero attached hydrogens (tertiary/aromatic N) is 1. The van der Waals surface area contributed by atoms with E-state index in [0.717, 1.165) is 49.0 Å². The molecule has 0 saturated carbocycles. The number of guanidine groups is 1. The first-order valence-corrected chi connectivity index (χ1v) is 9.86. The molecule has 4 nitrogen and oxygen atoms in total. The van der Waals surface area contributed by atoms with E-state index in [1.54, 1.807) is 17.8 Å². The molecule has 0 unspecified atom stereocenters. The molecule has 0 heterocycles. The van der Waals surface area contributed by atoms with E-state index in [9.17, 15) is 4.39 Å². The monoisotopic (exact) mass is 483 g/mol. The lowest BCUT2D eigenvalue weighted by atomic mass is 10.1. The second kappa shape index (κ2) is 14.6. The number of rotatable bonds is 10. The summed E-state index contributed by atoms with van der Waals surface area (Å²) in [5.41, 5.74) is 2.07. The van der Waals surface area contributed by atoms with Crippen molar-refractivity contribution in [3.05, 3.63) is 35.1 Å². The fraction of sp³-hybridized carbons (Fsp3) is 0.611. The molecule has 0 saturated heterocycles. The van der Waals surface area contributed by atoms with E-state index >= 15 is 0 Å². The predicted molar refractivity (Wildman–Crippen MR) is 118 cm³/mol. The summed E-state index contributed by atoms with van der Waals surface area (Å²) in [6.45, 7) is 8.99. The minimum absolute atomic E-state index is 0. The Labute approximate surface area is 172 Å². The Hall–Kier alpha value is -0.540. The molecule has 0 bridgehead atoms. The molecule has 0 radical (unpaired) electrons. The SMILES string of the molecule is CCNC(=NCc1ccc(F)cc1CSC)NCCCOC(C)C.I. The van der Waals surface area contributed by atoms with Gasteiger partial charge in [0.25, 0.3) is 0 Å². The van der Waals surface area contributed by atoms with Crippen LogP contribution in [0, 0.1) is 5.82 Å². The molecule has 0 amide bonds. The number of halogens is 2. The highest BCUT2D eigenvalue weighted by Crippen LogP contribution is 2.17. The Balaban J connectivity index is 0.00000576. The van der Waals surface area contributed by atoms with Crippen LogP contribution >= 0.6 is 35.7 Å². The zero-order valence-corrected chi connectivity index (χ0v) is 18.7. The standard InChI is InChI=1S/C18H30FN3OS.HI/c1-5-20-18(21-9-6-10-23-14(2)3)22-12-15-7-8-17(19)11-16(15)13-24-4;/h7-8,11,14H,5-6,9-10,12-13H2,1-4H3,(H2,20,21,22);1H. The molecule has 1 rings (SSSR count). The van der Waals surface area contributed by atoms with E-state index in [2.05, 4.69) is 15.6 Å². The molecule has 1 aromatic carbocycles. The van der Waals surface area contributed by atoms with E-state index < -0.39 is 0 Å². The van der Waals surface area contributed by atoms with E-state index in [4.69, 9.17) is 4.74 Å². The van der Waals surface area contributed by atoms with Crippen LogP contribution in [0.4, 0.5) is 4.39 Å². The van der Waals surface area contributed by atoms with Gasteiger partial charge in [-0.05, 0) is 56.7 Å². The Morgan fingerprint density at radius 1 is 1.28 bits per heavy atom. The van der Waals surface area contributed by atoms with Crippen molar-refractivity contribution >= 4 is 41.7 Å². The van der Waals surface area contributed by atoms with Crippen molar-refractivity contribution in [3.8, 4) is 0 Å². The normalized spacial score (nSPS) is 11.4. The Morgan fingerprint density at radius 2 is 2.04 bits per heavy atom. The summed E-state index contributed by atoms with van der Waals surface area (Å²) in [6, 6.07) is 4.92. The smallest absolute Gasteiger partial charge is 0.191 e. The van der Waals surface area contributed by atoms with Gasteiger partial charge in [0.15, 0.2) is 5.96 Å². The summed E-state index contributed by atoms with van der Waals surface area (Å²) < 4.78 is 18.9. The predicted octanol–water partition coefficient (Wildman–Crippen LogP) is 4.18. The molecule has 1 aromatic rings. The van der Waals surface area contributed by atoms with Gasteiger partial charge in [-0.2, -0.15) is 11.8 Å². The molecule has 7 heteroatoms. The van der Waals surface area contributed by atoms with Gasteiger partial charge in [0.05, 0.1) is 12.6 Å². The Kier molecular flexibility index (Phi) is 14.3. The van der Waals surface area contributed by atoms with Gasteiger partial charge in [0.1, 0.15) is 5.82 Å². The van der Waals surface area contributed by atoms with Crippen LogP contribution in [0.15, 0.2) is 23.2 Å². The summed E-state index contributed by atoms with van der Waals surface area (Å²) in [4.78, 5) is 4.61. The maximum absolute atomic E-state index is 13.4. The third kappa shape index (κ3) is 10.9. The molecule has 0 aliphatic heterocycles. The van der Waals surface area contributed by atoms with Crippen LogP contribution in [0.5, 0.6) is 0 Å². The first-order chi connectivity index (χ1) is 11.6. The quantitative estimate of drug-likeness (QED) is 0.227. The maximum Gasteiger partial charge on any atom is 0.191 e. The average molecular weight is 483 g/mol. The van der Waals surface area contributed by atoms with Gasteiger partial charge in [-0.15, -0.1) is 24.0 Å². The highest BCUT2D eigenvalue weighted by Gasteiger charge is 2.05. The van der Waals surface area contributed by atoms with Crippen LogP contribution < -0.4 is 10.6 Å². The van der Waals surface area contributed by atoms with E-state index in [1.165, 1.54) is 6.07 Å². The molecule has 0 spiro atoms. The fourth-order valence-corrected chi connectivity index (χ4v) is 2.72. The number of benzene rings is 1. The third-order valence-electron chi connectivity index (χ3n) is 3.28. The summed E-state index contributed by atoms with van der Waals surface area (Å²) in [6.07, 6.45) is 3.21. The molecule has 0 fully saturated rings. The first-order valence-electron chi connectivity index (χ1n) is 8.46. The van der Waals surface area contributed by atoms with E-state index in [-0.39, 0.29) is 35.9 Å². The topological polar surface area (TPSA) is 45.7 Å². The molecule has 144 valence electrons. The Morgan fingerprint density at radius 3 is 2.68 bits per heavy atom. The number of thioether (sulfide) groups is 1. The second-order valence-corrected chi connectivity index (χ2v) is 6.61. The van der Waals surface area contributed by atoms with Crippen LogP contribution in [0.2, 0.25) is 0 Å². The lowest BCUT2D eigenvalue weighted by molar-refractivity contribution is 0.0776. The molecule has 25 heavy (non-hydrogen) atoms. The van der Waals surface area contributed by atoms with Crippen LogP contribution in [-0.2, 0) is 17.0 Å². The van der Waals surface area contributed by atoms with Crippen LogP contribution in [-0.4, -0.2) is 38.0 Å². The molecule has 2 N–H and O–H groups in total. The molecule has 0 aromatic heterocycles. The van der Waals surface area contributed by atoms with Gasteiger partial charge in [-0.1, -0.05) is 6.07 Å². The van der Waals surface area contributed by atoms with Gasteiger partial charge < -0.3 is 15.4 Å². The number of hydrogen-bond acceptors (Lipinski definition) is 3. The van der Waals surface area contributed by atoms with Crippen molar-refractivity contribution in [2.45, 2.75) is 45.6 Å². The van der Waals surface area contributed by atoms with Crippen molar-refractivity contribution in [1.29, 1.82) is 0 Å². The summed E-state index contributed by atoms with van der Waals surface area (Å²) >= 11 is 1.68. The highest BCUT2D eigenvalue weighted by atomic mass is 127. The number of aliphatic imine (C=N–C) groups is 1. The first kappa shape index (κ1) is 24.5. The number of ether oxygens (including phenoxy) is 1. The van der Waals surface area contributed by atoms with Gasteiger partial charge in [-0.3, -0.25) is 0 Å². The number of hydrogen-bond donors (Lipinski definition) is 2. The second-order valence-electron chi connectivity index (χ2n) is 5.74. The van der Waals surface area contributed by atoms with Crippen LogP contribution in [0.3, 0.4) is 0 Å².